The van der Waals surface area contributed by atoms with Gasteiger partial charge in [-0.15, -0.1) is 0 Å². The van der Waals surface area contributed by atoms with Crippen LogP contribution in [-0.2, 0) is 16.1 Å². The van der Waals surface area contributed by atoms with Crippen molar-refractivity contribution in [3.8, 4) is 5.75 Å². The van der Waals surface area contributed by atoms with Gasteiger partial charge in [0.2, 0.25) is 11.8 Å². The predicted octanol–water partition coefficient (Wildman–Crippen LogP) is 0.598. The molecule has 2 amide bonds. The number of hydrogen-bond donors (Lipinski definition) is 1. The SMILES string of the molecule is COc1ccccc1N1C[C@H](NC(=O)CCn2cncn2)CC1=O. The van der Waals surface area contributed by atoms with Gasteiger partial charge >= 0.3 is 0 Å². The number of aryl methyl sites for hydroxylation is 1. The van der Waals surface area contributed by atoms with Crippen LogP contribution in [0.15, 0.2) is 36.9 Å². The number of aromatic nitrogens is 3. The number of carbonyl (C=O) groups is 2. The van der Waals surface area contributed by atoms with Crippen molar-refractivity contribution in [2.45, 2.75) is 25.4 Å². The third kappa shape index (κ3) is 3.53. The molecule has 1 aromatic carbocycles. The summed E-state index contributed by atoms with van der Waals surface area (Å²) in [7, 11) is 1.57. The largest absolute Gasteiger partial charge is 0.495 e. The van der Waals surface area contributed by atoms with Crippen molar-refractivity contribution < 1.29 is 14.3 Å². The summed E-state index contributed by atoms with van der Waals surface area (Å²) in [5.74, 6) is 0.510. The molecule has 3 rings (SSSR count). The number of nitrogens with zero attached hydrogens (tertiary/aromatic N) is 4. The van der Waals surface area contributed by atoms with Gasteiger partial charge in [0.05, 0.1) is 25.4 Å². The van der Waals surface area contributed by atoms with Crippen molar-refractivity contribution in [2.75, 3.05) is 18.6 Å². The minimum Gasteiger partial charge on any atom is -0.495 e. The number of ether oxygens (including phenoxy) is 1. The molecule has 8 heteroatoms. The maximum Gasteiger partial charge on any atom is 0.229 e. The monoisotopic (exact) mass is 329 g/mol. The molecular weight excluding hydrogens is 310 g/mol. The van der Waals surface area contributed by atoms with E-state index in [-0.39, 0.29) is 24.3 Å². The van der Waals surface area contributed by atoms with Crippen LogP contribution in [0.25, 0.3) is 0 Å². The molecule has 1 atom stereocenters. The Morgan fingerprint density at radius 3 is 3.00 bits per heavy atom. The van der Waals surface area contributed by atoms with Crippen LogP contribution in [0, 0.1) is 0 Å². The maximum atomic E-state index is 12.3. The summed E-state index contributed by atoms with van der Waals surface area (Å²) in [5, 5.41) is 6.86. The number of methoxy groups -OCH3 is 1. The quantitative estimate of drug-likeness (QED) is 0.838. The Morgan fingerprint density at radius 2 is 2.25 bits per heavy atom. The molecular formula is C16H19N5O3. The molecule has 8 nitrogen and oxygen atoms in total. The summed E-state index contributed by atoms with van der Waals surface area (Å²) >= 11 is 0. The van der Waals surface area contributed by atoms with Gasteiger partial charge in [0.1, 0.15) is 18.4 Å². The average molecular weight is 329 g/mol. The molecule has 1 aliphatic heterocycles. The Hall–Kier alpha value is -2.90. The summed E-state index contributed by atoms with van der Waals surface area (Å²) < 4.78 is 6.90. The van der Waals surface area contributed by atoms with Crippen LogP contribution in [0.3, 0.4) is 0 Å². The number of nitrogens with one attached hydrogen (secondary N) is 1. The van der Waals surface area contributed by atoms with E-state index in [2.05, 4.69) is 15.4 Å². The number of amides is 2. The van der Waals surface area contributed by atoms with Crippen molar-refractivity contribution in [3.05, 3.63) is 36.9 Å². The summed E-state index contributed by atoms with van der Waals surface area (Å²) in [5.41, 5.74) is 0.726. The second kappa shape index (κ2) is 7.12. The molecule has 2 aromatic rings. The Morgan fingerprint density at radius 1 is 1.42 bits per heavy atom. The van der Waals surface area contributed by atoms with Gasteiger partial charge in [-0.25, -0.2) is 4.98 Å². The Bertz CT molecular complexity index is 716. The highest BCUT2D eigenvalue weighted by Gasteiger charge is 2.32. The van der Waals surface area contributed by atoms with E-state index in [4.69, 9.17) is 4.74 Å². The summed E-state index contributed by atoms with van der Waals surface area (Å²) in [6, 6.07) is 7.16. The smallest absolute Gasteiger partial charge is 0.229 e. The maximum absolute atomic E-state index is 12.3. The molecule has 2 heterocycles. The second-order valence-corrected chi connectivity index (χ2v) is 5.55. The Balaban J connectivity index is 1.57. The first-order chi connectivity index (χ1) is 11.7. The van der Waals surface area contributed by atoms with Crippen molar-refractivity contribution >= 4 is 17.5 Å². The fraction of sp³-hybridized carbons (Fsp3) is 0.375. The molecule has 1 aliphatic rings. The third-order valence-electron chi connectivity index (χ3n) is 3.90. The Labute approximate surface area is 139 Å². The van der Waals surface area contributed by atoms with Gasteiger partial charge in [-0.3, -0.25) is 14.3 Å². The minimum absolute atomic E-state index is 0.0268. The van der Waals surface area contributed by atoms with E-state index < -0.39 is 0 Å². The van der Waals surface area contributed by atoms with Gasteiger partial charge in [-0.1, -0.05) is 12.1 Å². The lowest BCUT2D eigenvalue weighted by molar-refractivity contribution is -0.122. The zero-order chi connectivity index (χ0) is 16.9. The van der Waals surface area contributed by atoms with E-state index >= 15 is 0 Å². The lowest BCUT2D eigenvalue weighted by Crippen LogP contribution is -2.37. The average Bonchev–Trinajstić information content (AvgIpc) is 3.22. The highest BCUT2D eigenvalue weighted by atomic mass is 16.5. The minimum atomic E-state index is -0.203. The van der Waals surface area contributed by atoms with Crippen LogP contribution in [0.1, 0.15) is 12.8 Å². The van der Waals surface area contributed by atoms with E-state index in [1.807, 2.05) is 24.3 Å². The number of anilines is 1. The molecule has 1 fully saturated rings. The number of rotatable bonds is 6. The van der Waals surface area contributed by atoms with Crippen molar-refractivity contribution in [3.63, 3.8) is 0 Å². The predicted molar refractivity (Wildman–Crippen MR) is 86.5 cm³/mol. The first kappa shape index (κ1) is 16.0. The lowest BCUT2D eigenvalue weighted by atomic mass is 10.2. The third-order valence-corrected chi connectivity index (χ3v) is 3.90. The van der Waals surface area contributed by atoms with Crippen LogP contribution in [0.2, 0.25) is 0 Å². The fourth-order valence-electron chi connectivity index (χ4n) is 2.75. The highest BCUT2D eigenvalue weighted by molar-refractivity contribution is 5.98. The fourth-order valence-corrected chi connectivity index (χ4v) is 2.75. The van der Waals surface area contributed by atoms with Gasteiger partial charge in [-0.2, -0.15) is 5.10 Å². The number of benzene rings is 1. The first-order valence-corrected chi connectivity index (χ1v) is 7.72. The standard InChI is InChI=1S/C16H19N5O3/c1-24-14-5-3-2-4-13(14)21-9-12(8-16(21)23)19-15(22)6-7-20-11-17-10-18-20/h2-5,10-12H,6-9H2,1H3,(H,19,22)/t12-/m1/s1. The summed E-state index contributed by atoms with van der Waals surface area (Å²) in [4.78, 5) is 29.8. The van der Waals surface area contributed by atoms with Crippen molar-refractivity contribution in [2.24, 2.45) is 0 Å². The normalized spacial score (nSPS) is 17.1. The van der Waals surface area contributed by atoms with Crippen molar-refractivity contribution in [1.29, 1.82) is 0 Å². The van der Waals surface area contributed by atoms with E-state index in [0.717, 1.165) is 5.69 Å². The van der Waals surface area contributed by atoms with Crippen molar-refractivity contribution in [1.82, 2.24) is 20.1 Å². The van der Waals surface area contributed by atoms with Crippen LogP contribution in [-0.4, -0.2) is 46.3 Å². The van der Waals surface area contributed by atoms with Crippen LogP contribution >= 0.6 is 0 Å². The Kier molecular flexibility index (Phi) is 4.74. The molecule has 24 heavy (non-hydrogen) atoms. The number of para-hydroxylation sites is 2. The molecule has 0 bridgehead atoms. The van der Waals surface area contributed by atoms with E-state index in [1.54, 1.807) is 23.0 Å². The molecule has 1 aromatic heterocycles. The van der Waals surface area contributed by atoms with E-state index in [1.165, 1.54) is 6.33 Å². The zero-order valence-corrected chi connectivity index (χ0v) is 13.4. The van der Waals surface area contributed by atoms with E-state index in [0.29, 0.717) is 25.3 Å². The van der Waals surface area contributed by atoms with Crippen LogP contribution in [0.4, 0.5) is 5.69 Å². The molecule has 1 saturated heterocycles. The van der Waals surface area contributed by atoms with E-state index in [9.17, 15) is 9.59 Å². The van der Waals surface area contributed by atoms with Gasteiger partial charge in [0.15, 0.2) is 0 Å². The van der Waals surface area contributed by atoms with Gasteiger partial charge in [-0.05, 0) is 12.1 Å². The molecule has 126 valence electrons. The van der Waals surface area contributed by atoms with Crippen LogP contribution < -0.4 is 15.0 Å². The first-order valence-electron chi connectivity index (χ1n) is 7.72. The van der Waals surface area contributed by atoms with Gasteiger partial charge < -0.3 is 15.0 Å². The molecule has 0 saturated carbocycles. The topological polar surface area (TPSA) is 89.3 Å². The highest BCUT2D eigenvalue weighted by Crippen LogP contribution is 2.30. The summed E-state index contributed by atoms with van der Waals surface area (Å²) in [6.07, 6.45) is 3.57. The number of hydrogen-bond acceptors (Lipinski definition) is 5. The van der Waals surface area contributed by atoms with Gasteiger partial charge in [0, 0.05) is 19.4 Å². The summed E-state index contributed by atoms with van der Waals surface area (Å²) in [6.45, 7) is 0.900. The lowest BCUT2D eigenvalue weighted by Gasteiger charge is -2.19. The molecule has 0 aliphatic carbocycles. The second-order valence-electron chi connectivity index (χ2n) is 5.55. The molecule has 0 spiro atoms. The van der Waals surface area contributed by atoms with Gasteiger partial charge in [0.25, 0.3) is 0 Å². The zero-order valence-electron chi connectivity index (χ0n) is 13.4. The molecule has 1 N–H and O–H groups in total. The van der Waals surface area contributed by atoms with Crippen LogP contribution in [0.5, 0.6) is 5.75 Å². The molecule has 0 unspecified atom stereocenters. The number of carbonyl (C=O) groups excluding carboxylic acids is 2. The molecule has 0 radical (unpaired) electrons.